The number of β-amino-alcohol motifs (C(OH)–C–C–N with tert-alkyl or cyclic N) is 1. The van der Waals surface area contributed by atoms with Crippen LogP contribution in [-0.4, -0.2) is 87.2 Å². The van der Waals surface area contributed by atoms with E-state index in [2.05, 4.69) is 10.2 Å². The number of ether oxygens (including phenoxy) is 2. The maximum Gasteiger partial charge on any atom is 0.401 e. The highest BCUT2D eigenvalue weighted by molar-refractivity contribution is 5.43. The molecule has 0 amide bonds. The number of methoxy groups -OCH3 is 1. The van der Waals surface area contributed by atoms with E-state index in [-0.39, 0.29) is 13.2 Å². The lowest BCUT2D eigenvalue weighted by atomic mass is 10.0. The fourth-order valence-electron chi connectivity index (χ4n) is 4.24. The summed E-state index contributed by atoms with van der Waals surface area (Å²) in [6, 6.07) is 5.06. The first-order valence-corrected chi connectivity index (χ1v) is 9.89. The average Bonchev–Trinajstić information content (AvgIpc) is 3.20. The second-order valence-corrected chi connectivity index (χ2v) is 8.13. The lowest BCUT2D eigenvalue weighted by Gasteiger charge is -2.22. The Bertz CT molecular complexity index is 662. The number of alkyl halides is 3. The maximum absolute atomic E-state index is 12.5. The second-order valence-electron chi connectivity index (χ2n) is 8.13. The molecule has 6 nitrogen and oxygen atoms in total. The zero-order valence-electron chi connectivity index (χ0n) is 16.9. The topological polar surface area (TPSA) is 57.2 Å². The minimum atomic E-state index is -4.23. The Hall–Kier alpha value is -1.55. The second kappa shape index (κ2) is 9.51. The molecule has 1 aromatic rings. The Kier molecular flexibility index (Phi) is 7.26. The summed E-state index contributed by atoms with van der Waals surface area (Å²) in [4.78, 5) is 3.47. The van der Waals surface area contributed by atoms with Crippen LogP contribution >= 0.6 is 0 Å². The van der Waals surface area contributed by atoms with Crippen molar-refractivity contribution in [1.82, 2.24) is 15.1 Å². The van der Waals surface area contributed by atoms with E-state index in [4.69, 9.17) is 9.47 Å². The number of aliphatic hydroxyl groups excluding tert-OH is 1. The van der Waals surface area contributed by atoms with E-state index in [1.807, 2.05) is 0 Å². The minimum Gasteiger partial charge on any atom is -0.493 e. The molecule has 3 atom stereocenters. The van der Waals surface area contributed by atoms with Gasteiger partial charge >= 0.3 is 6.18 Å². The maximum atomic E-state index is 12.5. The van der Waals surface area contributed by atoms with Gasteiger partial charge < -0.3 is 19.9 Å². The molecular formula is C20H30F3N3O3. The number of halogens is 3. The fraction of sp³-hybridized carbons (Fsp3) is 0.700. The monoisotopic (exact) mass is 417 g/mol. The molecule has 1 unspecified atom stereocenters. The van der Waals surface area contributed by atoms with Gasteiger partial charge in [0.25, 0.3) is 0 Å². The predicted molar refractivity (Wildman–Crippen MR) is 103 cm³/mol. The van der Waals surface area contributed by atoms with Crippen molar-refractivity contribution in [2.45, 2.75) is 18.8 Å². The molecule has 9 heteroatoms. The van der Waals surface area contributed by atoms with E-state index in [9.17, 15) is 18.3 Å². The van der Waals surface area contributed by atoms with Gasteiger partial charge in [0.05, 0.1) is 13.7 Å². The summed E-state index contributed by atoms with van der Waals surface area (Å²) in [6.45, 7) is 3.96. The molecule has 0 aliphatic carbocycles. The Morgan fingerprint density at radius 2 is 1.93 bits per heavy atom. The molecule has 2 fully saturated rings. The molecule has 2 aliphatic rings. The van der Waals surface area contributed by atoms with Crippen molar-refractivity contribution in [3.05, 3.63) is 23.8 Å². The summed E-state index contributed by atoms with van der Waals surface area (Å²) >= 11 is 0. The van der Waals surface area contributed by atoms with Crippen LogP contribution in [0.2, 0.25) is 0 Å². The van der Waals surface area contributed by atoms with Gasteiger partial charge in [0.1, 0.15) is 12.7 Å². The van der Waals surface area contributed by atoms with E-state index in [1.165, 1.54) is 19.1 Å². The van der Waals surface area contributed by atoms with Gasteiger partial charge in [-0.2, -0.15) is 13.2 Å². The molecule has 0 radical (unpaired) electrons. The molecule has 0 spiro atoms. The lowest BCUT2D eigenvalue weighted by molar-refractivity contribution is -0.144. The van der Waals surface area contributed by atoms with E-state index < -0.39 is 18.8 Å². The van der Waals surface area contributed by atoms with Crippen LogP contribution in [0.15, 0.2) is 18.2 Å². The van der Waals surface area contributed by atoms with Gasteiger partial charge in [0, 0.05) is 26.2 Å². The number of hydrogen-bond donors (Lipinski definition) is 2. The Labute approximate surface area is 169 Å². The van der Waals surface area contributed by atoms with E-state index in [1.54, 1.807) is 18.2 Å². The smallest absolute Gasteiger partial charge is 0.401 e. The summed E-state index contributed by atoms with van der Waals surface area (Å²) in [6.07, 6.45) is -4.85. The summed E-state index contributed by atoms with van der Waals surface area (Å²) < 4.78 is 48.5. The van der Waals surface area contributed by atoms with Gasteiger partial charge in [-0.05, 0) is 49.7 Å². The van der Waals surface area contributed by atoms with Crippen molar-refractivity contribution in [2.75, 3.05) is 60.0 Å². The lowest BCUT2D eigenvalue weighted by Crippen LogP contribution is -2.36. The number of aliphatic hydroxyl groups is 1. The molecule has 29 heavy (non-hydrogen) atoms. The van der Waals surface area contributed by atoms with Crippen molar-refractivity contribution >= 4 is 0 Å². The summed E-state index contributed by atoms with van der Waals surface area (Å²) in [5.41, 5.74) is 0.693. The van der Waals surface area contributed by atoms with Crippen LogP contribution in [0.1, 0.15) is 5.56 Å². The van der Waals surface area contributed by atoms with E-state index in [0.717, 1.165) is 26.2 Å². The third-order valence-corrected chi connectivity index (χ3v) is 5.50. The SMILES string of the molecule is COc1cc(CN(C)CC(F)(F)F)ccc1OCC(O)CN1C[C@H]2CNC[C@H]2C1. The van der Waals surface area contributed by atoms with Crippen LogP contribution in [0.25, 0.3) is 0 Å². The Balaban J connectivity index is 1.48. The third-order valence-electron chi connectivity index (χ3n) is 5.50. The minimum absolute atomic E-state index is 0.133. The van der Waals surface area contributed by atoms with Crippen molar-refractivity contribution in [3.8, 4) is 11.5 Å². The normalized spacial score (nSPS) is 23.4. The van der Waals surface area contributed by atoms with Gasteiger partial charge in [-0.15, -0.1) is 0 Å². The quantitative estimate of drug-likeness (QED) is 0.637. The Morgan fingerprint density at radius 3 is 2.55 bits per heavy atom. The molecule has 1 aromatic carbocycles. The predicted octanol–water partition coefficient (Wildman–Crippen LogP) is 1.58. The number of nitrogens with zero attached hydrogens (tertiary/aromatic N) is 2. The highest BCUT2D eigenvalue weighted by Crippen LogP contribution is 2.30. The van der Waals surface area contributed by atoms with Gasteiger partial charge in [0.2, 0.25) is 0 Å². The van der Waals surface area contributed by atoms with Gasteiger partial charge in [-0.3, -0.25) is 9.80 Å². The molecule has 2 N–H and O–H groups in total. The van der Waals surface area contributed by atoms with Crippen LogP contribution in [0.5, 0.6) is 11.5 Å². The first kappa shape index (κ1) is 22.1. The highest BCUT2D eigenvalue weighted by atomic mass is 19.4. The van der Waals surface area contributed by atoms with Crippen LogP contribution in [0.3, 0.4) is 0 Å². The molecule has 0 aromatic heterocycles. The highest BCUT2D eigenvalue weighted by Gasteiger charge is 2.36. The summed E-state index contributed by atoms with van der Waals surface area (Å²) in [5.74, 6) is 2.26. The van der Waals surface area contributed by atoms with Crippen molar-refractivity contribution < 1.29 is 27.8 Å². The van der Waals surface area contributed by atoms with Crippen molar-refractivity contribution in [1.29, 1.82) is 0 Å². The number of nitrogens with one attached hydrogen (secondary N) is 1. The number of hydrogen-bond acceptors (Lipinski definition) is 6. The summed E-state index contributed by atoms with van der Waals surface area (Å²) in [7, 11) is 2.90. The zero-order chi connectivity index (χ0) is 21.0. The zero-order valence-corrected chi connectivity index (χ0v) is 16.9. The first-order valence-electron chi connectivity index (χ1n) is 9.89. The molecule has 2 saturated heterocycles. The fourth-order valence-corrected chi connectivity index (χ4v) is 4.24. The Morgan fingerprint density at radius 1 is 1.24 bits per heavy atom. The van der Waals surface area contributed by atoms with Crippen LogP contribution in [0, 0.1) is 11.8 Å². The average molecular weight is 417 g/mol. The molecule has 2 heterocycles. The molecular weight excluding hydrogens is 387 g/mol. The van der Waals surface area contributed by atoms with E-state index >= 15 is 0 Å². The van der Waals surface area contributed by atoms with Gasteiger partial charge in [-0.25, -0.2) is 0 Å². The molecule has 164 valence electrons. The largest absolute Gasteiger partial charge is 0.493 e. The van der Waals surface area contributed by atoms with Crippen LogP contribution < -0.4 is 14.8 Å². The molecule has 2 aliphatic heterocycles. The molecule has 3 rings (SSSR count). The van der Waals surface area contributed by atoms with Crippen LogP contribution in [0.4, 0.5) is 13.2 Å². The van der Waals surface area contributed by atoms with Crippen molar-refractivity contribution in [2.24, 2.45) is 11.8 Å². The number of benzene rings is 1. The van der Waals surface area contributed by atoms with E-state index in [0.29, 0.717) is 35.4 Å². The first-order chi connectivity index (χ1) is 13.7. The van der Waals surface area contributed by atoms with Gasteiger partial charge in [-0.1, -0.05) is 6.07 Å². The third kappa shape index (κ3) is 6.47. The molecule has 0 bridgehead atoms. The number of rotatable bonds is 9. The standard InChI is InChI=1S/C20H30F3N3O3/c1-25(13-20(21,22)23)8-14-3-4-18(19(5-14)28-2)29-12-17(27)11-26-9-15-6-24-7-16(15)10-26/h3-5,15-17,24,27H,6-13H2,1-2H3/t15-,16+,17?. The summed E-state index contributed by atoms with van der Waals surface area (Å²) in [5, 5.41) is 13.7. The van der Waals surface area contributed by atoms with Crippen LogP contribution in [-0.2, 0) is 6.54 Å². The number of likely N-dealkylation sites (tertiary alicyclic amines) is 1. The van der Waals surface area contributed by atoms with Gasteiger partial charge in [0.15, 0.2) is 11.5 Å². The molecule has 0 saturated carbocycles. The number of fused-ring (bicyclic) bond motifs is 1. The van der Waals surface area contributed by atoms with Crippen molar-refractivity contribution in [3.63, 3.8) is 0 Å².